The molecule has 1 N–H and O–H groups in total. The Balaban J connectivity index is 2.68. The van der Waals surface area contributed by atoms with Crippen molar-refractivity contribution in [3.05, 3.63) is 0 Å². The zero-order chi connectivity index (χ0) is 10.8. The third kappa shape index (κ3) is 2.98. The van der Waals surface area contributed by atoms with Crippen LogP contribution < -0.4 is 5.32 Å². The second kappa shape index (κ2) is 4.30. The average molecular weight is 198 g/mol. The van der Waals surface area contributed by atoms with Gasteiger partial charge in [0.1, 0.15) is 0 Å². The van der Waals surface area contributed by atoms with E-state index in [4.69, 9.17) is 0 Å². The van der Waals surface area contributed by atoms with E-state index in [2.05, 4.69) is 33.0 Å². The molecule has 82 valence electrons. The van der Waals surface area contributed by atoms with Gasteiger partial charge < -0.3 is 10.2 Å². The fourth-order valence-electron chi connectivity index (χ4n) is 1.86. The first-order chi connectivity index (χ1) is 6.41. The summed E-state index contributed by atoms with van der Waals surface area (Å²) in [7, 11) is 0. The van der Waals surface area contributed by atoms with Crippen LogP contribution in [0.15, 0.2) is 0 Å². The molecule has 0 aromatic carbocycles. The predicted octanol–water partition coefficient (Wildman–Crippen LogP) is 1.39. The molecule has 1 amide bonds. The lowest BCUT2D eigenvalue weighted by molar-refractivity contribution is -0.137. The van der Waals surface area contributed by atoms with Gasteiger partial charge in [-0.25, -0.2) is 0 Å². The van der Waals surface area contributed by atoms with Crippen LogP contribution in [0.4, 0.5) is 0 Å². The fourth-order valence-corrected chi connectivity index (χ4v) is 1.86. The normalized spacial score (nSPS) is 25.9. The molecule has 1 saturated heterocycles. The summed E-state index contributed by atoms with van der Waals surface area (Å²) in [6, 6.07) is 0.313. The Bertz CT molecular complexity index is 208. The zero-order valence-corrected chi connectivity index (χ0v) is 9.76. The second-order valence-corrected chi connectivity index (χ2v) is 5.13. The monoisotopic (exact) mass is 198 g/mol. The molecule has 3 nitrogen and oxygen atoms in total. The third-order valence-electron chi connectivity index (χ3n) is 2.64. The van der Waals surface area contributed by atoms with Crippen molar-refractivity contribution in [1.29, 1.82) is 0 Å². The first-order valence-electron chi connectivity index (χ1n) is 5.45. The molecular formula is C11H22N2O. The van der Waals surface area contributed by atoms with Gasteiger partial charge in [0.15, 0.2) is 0 Å². The largest absolute Gasteiger partial charge is 0.338 e. The minimum atomic E-state index is -0.0336. The molecule has 3 heteroatoms. The second-order valence-electron chi connectivity index (χ2n) is 5.13. The van der Waals surface area contributed by atoms with Crippen molar-refractivity contribution in [2.24, 2.45) is 0 Å². The van der Waals surface area contributed by atoms with Gasteiger partial charge in [-0.2, -0.15) is 0 Å². The van der Waals surface area contributed by atoms with Crippen molar-refractivity contribution >= 4 is 5.91 Å². The summed E-state index contributed by atoms with van der Waals surface area (Å²) in [6.45, 7) is 10.3. The molecule has 0 saturated carbocycles. The van der Waals surface area contributed by atoms with Crippen LogP contribution in [-0.2, 0) is 4.79 Å². The standard InChI is InChI=1S/C11H22N2O/c1-9-8-10(14)13(11(2,3)4)7-5-6-12-9/h9,12H,5-8H2,1-4H3. The smallest absolute Gasteiger partial charge is 0.224 e. The Morgan fingerprint density at radius 3 is 2.64 bits per heavy atom. The van der Waals surface area contributed by atoms with Gasteiger partial charge in [0.2, 0.25) is 5.91 Å². The average Bonchev–Trinajstić information content (AvgIpc) is 1.97. The van der Waals surface area contributed by atoms with Crippen molar-refractivity contribution in [2.45, 2.75) is 52.1 Å². The number of amides is 1. The Labute approximate surface area is 86.9 Å². The van der Waals surface area contributed by atoms with Crippen LogP contribution in [-0.4, -0.2) is 35.5 Å². The van der Waals surface area contributed by atoms with E-state index in [9.17, 15) is 4.79 Å². The van der Waals surface area contributed by atoms with Crippen LogP contribution >= 0.6 is 0 Å². The maximum atomic E-state index is 11.9. The summed E-state index contributed by atoms with van der Waals surface area (Å²) in [4.78, 5) is 13.9. The summed E-state index contributed by atoms with van der Waals surface area (Å²) < 4.78 is 0. The van der Waals surface area contributed by atoms with Gasteiger partial charge in [0, 0.05) is 24.5 Å². The molecule has 1 aliphatic heterocycles. The van der Waals surface area contributed by atoms with Crippen molar-refractivity contribution in [1.82, 2.24) is 10.2 Å². The van der Waals surface area contributed by atoms with Gasteiger partial charge in [0.05, 0.1) is 0 Å². The summed E-state index contributed by atoms with van der Waals surface area (Å²) in [6.07, 6.45) is 1.67. The number of carbonyl (C=O) groups is 1. The SMILES string of the molecule is CC1CC(=O)N(C(C)(C)C)CCCN1. The molecule has 0 aromatic rings. The maximum Gasteiger partial charge on any atom is 0.224 e. The Morgan fingerprint density at radius 1 is 1.43 bits per heavy atom. The summed E-state index contributed by atoms with van der Waals surface area (Å²) >= 11 is 0. The van der Waals surface area contributed by atoms with E-state index in [1.165, 1.54) is 0 Å². The molecule has 0 spiro atoms. The highest BCUT2D eigenvalue weighted by Gasteiger charge is 2.27. The summed E-state index contributed by atoms with van der Waals surface area (Å²) in [5.74, 6) is 0.275. The zero-order valence-electron chi connectivity index (χ0n) is 9.76. The van der Waals surface area contributed by atoms with Crippen molar-refractivity contribution < 1.29 is 4.79 Å². The summed E-state index contributed by atoms with van der Waals surface area (Å²) in [5.41, 5.74) is -0.0336. The molecule has 1 heterocycles. The molecule has 0 bridgehead atoms. The lowest BCUT2D eigenvalue weighted by Crippen LogP contribution is -2.50. The highest BCUT2D eigenvalue weighted by molar-refractivity contribution is 5.77. The summed E-state index contributed by atoms with van der Waals surface area (Å²) in [5, 5.41) is 3.34. The molecule has 1 fully saturated rings. The van der Waals surface area contributed by atoms with Gasteiger partial charge >= 0.3 is 0 Å². The Kier molecular flexibility index (Phi) is 3.53. The van der Waals surface area contributed by atoms with E-state index >= 15 is 0 Å². The van der Waals surface area contributed by atoms with E-state index in [-0.39, 0.29) is 11.4 Å². The van der Waals surface area contributed by atoms with Crippen LogP contribution in [0.1, 0.15) is 40.5 Å². The fraction of sp³-hybridized carbons (Fsp3) is 0.909. The van der Waals surface area contributed by atoms with E-state index in [1.54, 1.807) is 0 Å². The van der Waals surface area contributed by atoms with Gasteiger partial charge in [-0.1, -0.05) is 0 Å². The molecule has 0 radical (unpaired) electrons. The first kappa shape index (κ1) is 11.5. The number of rotatable bonds is 0. The Morgan fingerprint density at radius 2 is 2.07 bits per heavy atom. The van der Waals surface area contributed by atoms with Crippen LogP contribution in [0.2, 0.25) is 0 Å². The predicted molar refractivity (Wildman–Crippen MR) is 58.2 cm³/mol. The van der Waals surface area contributed by atoms with E-state index in [1.807, 2.05) is 4.90 Å². The minimum absolute atomic E-state index is 0.0336. The number of nitrogens with zero attached hydrogens (tertiary/aromatic N) is 1. The lowest BCUT2D eigenvalue weighted by atomic mass is 10.0. The van der Waals surface area contributed by atoms with Crippen molar-refractivity contribution in [3.8, 4) is 0 Å². The Hall–Kier alpha value is -0.570. The maximum absolute atomic E-state index is 11.9. The van der Waals surface area contributed by atoms with Crippen molar-refractivity contribution in [2.75, 3.05) is 13.1 Å². The quantitative estimate of drug-likeness (QED) is 0.638. The van der Waals surface area contributed by atoms with Gasteiger partial charge in [-0.05, 0) is 40.7 Å². The van der Waals surface area contributed by atoms with Crippen LogP contribution in [0.5, 0.6) is 0 Å². The molecule has 1 atom stereocenters. The van der Waals surface area contributed by atoms with Crippen LogP contribution in [0.25, 0.3) is 0 Å². The van der Waals surface area contributed by atoms with E-state index < -0.39 is 0 Å². The first-order valence-corrected chi connectivity index (χ1v) is 5.45. The highest BCUT2D eigenvalue weighted by Crippen LogP contribution is 2.17. The molecule has 14 heavy (non-hydrogen) atoms. The molecular weight excluding hydrogens is 176 g/mol. The van der Waals surface area contributed by atoms with Gasteiger partial charge in [-0.3, -0.25) is 4.79 Å². The topological polar surface area (TPSA) is 32.3 Å². The molecule has 1 unspecified atom stereocenters. The minimum Gasteiger partial charge on any atom is -0.338 e. The van der Waals surface area contributed by atoms with Crippen LogP contribution in [0, 0.1) is 0 Å². The molecule has 0 aliphatic carbocycles. The van der Waals surface area contributed by atoms with Gasteiger partial charge in [0.25, 0.3) is 0 Å². The number of hydrogen-bond donors (Lipinski definition) is 1. The van der Waals surface area contributed by atoms with E-state index in [0.29, 0.717) is 12.5 Å². The third-order valence-corrected chi connectivity index (χ3v) is 2.64. The highest BCUT2D eigenvalue weighted by atomic mass is 16.2. The van der Waals surface area contributed by atoms with Crippen LogP contribution in [0.3, 0.4) is 0 Å². The molecule has 1 aliphatic rings. The van der Waals surface area contributed by atoms with Crippen molar-refractivity contribution in [3.63, 3.8) is 0 Å². The number of hydrogen-bond acceptors (Lipinski definition) is 2. The lowest BCUT2D eigenvalue weighted by Gasteiger charge is -2.38. The van der Waals surface area contributed by atoms with Gasteiger partial charge in [-0.15, -0.1) is 0 Å². The molecule has 1 rings (SSSR count). The number of carbonyl (C=O) groups excluding carboxylic acids is 1. The number of nitrogens with one attached hydrogen (secondary N) is 1. The van der Waals surface area contributed by atoms with E-state index in [0.717, 1.165) is 19.5 Å². The molecule has 0 aromatic heterocycles.